The summed E-state index contributed by atoms with van der Waals surface area (Å²) in [6, 6.07) is 5.80. The molecule has 0 bridgehead atoms. The summed E-state index contributed by atoms with van der Waals surface area (Å²) in [6.07, 6.45) is 1.13. The van der Waals surface area contributed by atoms with Gasteiger partial charge in [-0.05, 0) is 17.7 Å². The summed E-state index contributed by atoms with van der Waals surface area (Å²) in [5, 5.41) is 3.11. The fraction of sp³-hybridized carbons (Fsp3) is 0.500. The molecule has 1 aromatic carbocycles. The number of sulfonamides is 1. The van der Waals surface area contributed by atoms with Crippen molar-refractivity contribution in [1.82, 2.24) is 14.9 Å². The number of ether oxygens (including phenoxy) is 2. The molecular formula is C14H22N4O4S. The van der Waals surface area contributed by atoms with Gasteiger partial charge in [0.05, 0.1) is 6.26 Å². The van der Waals surface area contributed by atoms with E-state index in [4.69, 9.17) is 9.47 Å². The minimum Gasteiger partial charge on any atom is -0.454 e. The van der Waals surface area contributed by atoms with Crippen LogP contribution in [-0.4, -0.2) is 59.5 Å². The van der Waals surface area contributed by atoms with E-state index in [1.54, 1.807) is 7.05 Å². The largest absolute Gasteiger partial charge is 0.454 e. The molecule has 0 unspecified atom stereocenters. The van der Waals surface area contributed by atoms with Crippen LogP contribution < -0.4 is 19.5 Å². The van der Waals surface area contributed by atoms with E-state index >= 15 is 0 Å². The van der Waals surface area contributed by atoms with Crippen LogP contribution in [0.3, 0.4) is 0 Å². The van der Waals surface area contributed by atoms with E-state index in [0.717, 1.165) is 23.3 Å². The molecule has 2 rings (SSSR count). The van der Waals surface area contributed by atoms with Crippen LogP contribution in [0, 0.1) is 0 Å². The average Bonchev–Trinajstić information content (AvgIpc) is 2.93. The Morgan fingerprint density at radius 1 is 1.30 bits per heavy atom. The highest BCUT2D eigenvalue weighted by atomic mass is 32.2. The number of rotatable bonds is 6. The molecule has 0 saturated carbocycles. The van der Waals surface area contributed by atoms with Crippen molar-refractivity contribution >= 4 is 16.0 Å². The van der Waals surface area contributed by atoms with Crippen LogP contribution in [0.2, 0.25) is 0 Å². The normalized spacial score (nSPS) is 14.0. The zero-order valence-electron chi connectivity index (χ0n) is 13.5. The average molecular weight is 342 g/mol. The second-order valence-electron chi connectivity index (χ2n) is 5.18. The molecule has 1 aliphatic rings. The Kier molecular flexibility index (Phi) is 5.67. The summed E-state index contributed by atoms with van der Waals surface area (Å²) in [5.74, 6) is 2.18. The van der Waals surface area contributed by atoms with Crippen molar-refractivity contribution in [2.75, 3.05) is 40.2 Å². The van der Waals surface area contributed by atoms with Gasteiger partial charge in [0.15, 0.2) is 17.5 Å². The summed E-state index contributed by atoms with van der Waals surface area (Å²) in [4.78, 5) is 6.13. The monoisotopic (exact) mass is 342 g/mol. The van der Waals surface area contributed by atoms with Gasteiger partial charge in [-0.15, -0.1) is 0 Å². The number of guanidine groups is 1. The second-order valence-corrected chi connectivity index (χ2v) is 7.02. The Hall–Kier alpha value is -2.00. The third-order valence-corrected chi connectivity index (χ3v) is 3.93. The second kappa shape index (κ2) is 7.51. The van der Waals surface area contributed by atoms with E-state index < -0.39 is 10.0 Å². The van der Waals surface area contributed by atoms with E-state index in [-0.39, 0.29) is 6.79 Å². The van der Waals surface area contributed by atoms with Crippen LogP contribution in [0.25, 0.3) is 0 Å². The summed E-state index contributed by atoms with van der Waals surface area (Å²) >= 11 is 0. The molecule has 0 aromatic heterocycles. The molecule has 0 radical (unpaired) electrons. The highest BCUT2D eigenvalue weighted by molar-refractivity contribution is 7.88. The van der Waals surface area contributed by atoms with Gasteiger partial charge in [0.2, 0.25) is 16.8 Å². The number of hydrogen-bond donors (Lipinski definition) is 2. The van der Waals surface area contributed by atoms with Crippen molar-refractivity contribution in [1.29, 1.82) is 0 Å². The molecule has 2 N–H and O–H groups in total. The Bertz CT molecular complexity index is 675. The first kappa shape index (κ1) is 17.4. The molecule has 1 aromatic rings. The number of aliphatic imine (C=N–C) groups is 1. The highest BCUT2D eigenvalue weighted by Gasteiger charge is 2.14. The lowest BCUT2D eigenvalue weighted by Crippen LogP contribution is -2.42. The van der Waals surface area contributed by atoms with Gasteiger partial charge in [0.25, 0.3) is 0 Å². The van der Waals surface area contributed by atoms with Gasteiger partial charge in [-0.2, -0.15) is 0 Å². The molecule has 0 saturated heterocycles. The molecule has 8 nitrogen and oxygen atoms in total. The van der Waals surface area contributed by atoms with Gasteiger partial charge in [-0.25, -0.2) is 13.1 Å². The van der Waals surface area contributed by atoms with E-state index in [9.17, 15) is 8.42 Å². The predicted molar refractivity (Wildman–Crippen MR) is 88.2 cm³/mol. The SMILES string of the molecule is CN=C(NCCNS(C)(=O)=O)N(C)Cc1ccc2c(c1)OCO2. The standard InChI is InChI=1S/C14H22N4O4S/c1-15-14(16-6-7-17-23(3,19)20)18(2)9-11-4-5-12-13(8-11)22-10-21-12/h4-5,8,17H,6-7,9-10H2,1-3H3,(H,15,16). The van der Waals surface area contributed by atoms with Crippen molar-refractivity contribution in [3.63, 3.8) is 0 Å². The van der Waals surface area contributed by atoms with Crippen molar-refractivity contribution < 1.29 is 17.9 Å². The summed E-state index contributed by atoms with van der Waals surface area (Å²) in [5.41, 5.74) is 1.06. The number of fused-ring (bicyclic) bond motifs is 1. The fourth-order valence-electron chi connectivity index (χ4n) is 2.18. The van der Waals surface area contributed by atoms with Gasteiger partial charge in [-0.3, -0.25) is 4.99 Å². The van der Waals surface area contributed by atoms with Crippen LogP contribution in [0.4, 0.5) is 0 Å². The highest BCUT2D eigenvalue weighted by Crippen LogP contribution is 2.32. The molecule has 0 amide bonds. The first-order valence-electron chi connectivity index (χ1n) is 7.14. The van der Waals surface area contributed by atoms with Crippen LogP contribution in [0.5, 0.6) is 11.5 Å². The van der Waals surface area contributed by atoms with E-state index in [1.807, 2.05) is 30.1 Å². The quantitative estimate of drug-likeness (QED) is 0.429. The van der Waals surface area contributed by atoms with Crippen LogP contribution in [0.1, 0.15) is 5.56 Å². The van der Waals surface area contributed by atoms with E-state index in [2.05, 4.69) is 15.0 Å². The smallest absolute Gasteiger partial charge is 0.231 e. The van der Waals surface area contributed by atoms with Crippen molar-refractivity contribution in [2.45, 2.75) is 6.54 Å². The zero-order chi connectivity index (χ0) is 16.9. The Morgan fingerprint density at radius 2 is 2.04 bits per heavy atom. The van der Waals surface area contributed by atoms with Crippen molar-refractivity contribution in [3.05, 3.63) is 23.8 Å². The molecule has 9 heteroatoms. The zero-order valence-corrected chi connectivity index (χ0v) is 14.3. The Labute approximate surface area is 136 Å². The lowest BCUT2D eigenvalue weighted by molar-refractivity contribution is 0.174. The predicted octanol–water partition coefficient (Wildman–Crippen LogP) is -0.0283. The third-order valence-electron chi connectivity index (χ3n) is 3.20. The Balaban J connectivity index is 1.86. The molecule has 0 aliphatic carbocycles. The number of benzene rings is 1. The lowest BCUT2D eigenvalue weighted by Gasteiger charge is -2.22. The number of hydrogen-bond acceptors (Lipinski definition) is 5. The minimum atomic E-state index is -3.17. The van der Waals surface area contributed by atoms with Gasteiger partial charge >= 0.3 is 0 Å². The first-order valence-corrected chi connectivity index (χ1v) is 9.03. The molecular weight excluding hydrogens is 320 g/mol. The molecule has 1 heterocycles. The molecule has 1 aliphatic heterocycles. The molecule has 0 fully saturated rings. The van der Waals surface area contributed by atoms with Crippen LogP contribution in [-0.2, 0) is 16.6 Å². The lowest BCUT2D eigenvalue weighted by atomic mass is 10.2. The van der Waals surface area contributed by atoms with E-state index in [1.165, 1.54) is 0 Å². The number of nitrogens with zero attached hydrogens (tertiary/aromatic N) is 2. The summed E-state index contributed by atoms with van der Waals surface area (Å²) < 4.78 is 35.1. The molecule has 0 spiro atoms. The maximum Gasteiger partial charge on any atom is 0.231 e. The van der Waals surface area contributed by atoms with E-state index in [0.29, 0.717) is 25.6 Å². The van der Waals surface area contributed by atoms with Gasteiger partial charge in [0.1, 0.15) is 0 Å². The number of nitrogens with one attached hydrogen (secondary N) is 2. The maximum absolute atomic E-state index is 11.0. The summed E-state index contributed by atoms with van der Waals surface area (Å²) in [7, 11) is 0.417. The van der Waals surface area contributed by atoms with Crippen LogP contribution in [0.15, 0.2) is 23.2 Å². The maximum atomic E-state index is 11.0. The topological polar surface area (TPSA) is 92.3 Å². The minimum absolute atomic E-state index is 0.255. The fourth-order valence-corrected chi connectivity index (χ4v) is 2.66. The first-order chi connectivity index (χ1) is 10.9. The van der Waals surface area contributed by atoms with Crippen LogP contribution >= 0.6 is 0 Å². The molecule has 23 heavy (non-hydrogen) atoms. The van der Waals surface area contributed by atoms with Gasteiger partial charge < -0.3 is 19.7 Å². The summed E-state index contributed by atoms with van der Waals surface area (Å²) in [6.45, 7) is 1.64. The molecule has 128 valence electrons. The molecule has 0 atom stereocenters. The van der Waals surface area contributed by atoms with Crippen molar-refractivity contribution in [3.8, 4) is 11.5 Å². The van der Waals surface area contributed by atoms with Gasteiger partial charge in [-0.1, -0.05) is 6.07 Å². The van der Waals surface area contributed by atoms with Crippen molar-refractivity contribution in [2.24, 2.45) is 4.99 Å². The Morgan fingerprint density at radius 3 is 2.74 bits per heavy atom. The third kappa shape index (κ3) is 5.29. The van der Waals surface area contributed by atoms with Gasteiger partial charge in [0, 0.05) is 33.7 Å².